The zero-order valence-electron chi connectivity index (χ0n) is 24.7. The van der Waals surface area contributed by atoms with Crippen LogP contribution in [0.4, 0.5) is 0 Å². The smallest absolute Gasteiger partial charge is 0.149 e. The lowest BCUT2D eigenvalue weighted by atomic mass is 9.77. The molecule has 0 bridgehead atoms. The molecule has 0 radical (unpaired) electrons. The van der Waals surface area contributed by atoms with Crippen LogP contribution in [0.2, 0.25) is 0 Å². The maximum absolute atomic E-state index is 5.20. The highest BCUT2D eigenvalue weighted by Gasteiger charge is 2.24. The van der Waals surface area contributed by atoms with Crippen molar-refractivity contribution in [1.82, 2.24) is 0 Å². The van der Waals surface area contributed by atoms with Gasteiger partial charge in [-0.05, 0) is 65.8 Å². The molecule has 3 rings (SSSR count). The molecular weight excluding hydrogens is 468 g/mol. The number of nitrogens with two attached hydrogens (primary N) is 2. The minimum atomic E-state index is -0.131. The van der Waals surface area contributed by atoms with Crippen molar-refractivity contribution in [1.29, 1.82) is 0 Å². The van der Waals surface area contributed by atoms with Gasteiger partial charge in [-0.1, -0.05) is 128 Å². The zero-order chi connectivity index (χ0) is 29.1. The third-order valence-electron chi connectivity index (χ3n) is 5.88. The van der Waals surface area contributed by atoms with Crippen LogP contribution in [0, 0.1) is 13.8 Å². The van der Waals surface area contributed by atoms with Crippen molar-refractivity contribution in [2.45, 2.75) is 67.2 Å². The van der Waals surface area contributed by atoms with Gasteiger partial charge in [0, 0.05) is 5.41 Å². The summed E-state index contributed by atoms with van der Waals surface area (Å²) in [6.07, 6.45) is 6.57. The molecule has 0 atom stereocenters. The largest absolute Gasteiger partial charge is 0.411 e. The molecule has 206 valence electrons. The van der Waals surface area contributed by atoms with Gasteiger partial charge < -0.3 is 9.68 Å². The van der Waals surface area contributed by atoms with Crippen molar-refractivity contribution in [3.63, 3.8) is 0 Å². The molecule has 0 fully saturated rings. The standard InChI is InChI=1S/C16H21NO.C14H15NO.2C2H6/c1-6-8-13(7-2)16(4,5)14-9-10-15(18-17)12(3)11-14;1-11-9-13(7-8-14(11)16-15)10-12-5-3-2-4-6-12;2*1-2/h6-11H,1-2,17H2,3-5H3;2-9H,10,15H2,1H3;2*1-2H3/b13-8+;;;. The Kier molecular flexibility index (Phi) is 16.9. The molecule has 4 heteroatoms. The molecule has 0 aliphatic carbocycles. The summed E-state index contributed by atoms with van der Waals surface area (Å²) < 4.78 is 0. The minimum Gasteiger partial charge on any atom is -0.411 e. The number of benzene rings is 3. The summed E-state index contributed by atoms with van der Waals surface area (Å²) in [4.78, 5) is 9.55. The molecule has 0 saturated heterocycles. The lowest BCUT2D eigenvalue weighted by Crippen LogP contribution is -2.19. The lowest BCUT2D eigenvalue weighted by Gasteiger charge is -2.27. The molecule has 0 saturated carbocycles. The van der Waals surface area contributed by atoms with E-state index in [4.69, 9.17) is 21.5 Å². The molecule has 0 aliphatic heterocycles. The number of aryl methyl sites for hydroxylation is 2. The van der Waals surface area contributed by atoms with E-state index in [1.54, 1.807) is 6.08 Å². The van der Waals surface area contributed by atoms with E-state index in [1.165, 1.54) is 16.7 Å². The number of rotatable bonds is 8. The third kappa shape index (κ3) is 10.4. The van der Waals surface area contributed by atoms with Crippen LogP contribution in [0.1, 0.15) is 69.4 Å². The molecule has 4 nitrogen and oxygen atoms in total. The summed E-state index contributed by atoms with van der Waals surface area (Å²) in [5, 5.41) is 0. The number of hydrogen-bond acceptors (Lipinski definition) is 4. The number of hydrogen-bond donors (Lipinski definition) is 2. The zero-order valence-corrected chi connectivity index (χ0v) is 24.7. The molecule has 0 amide bonds. The predicted molar refractivity (Wildman–Crippen MR) is 165 cm³/mol. The molecule has 3 aromatic carbocycles. The van der Waals surface area contributed by atoms with E-state index in [-0.39, 0.29) is 5.41 Å². The summed E-state index contributed by atoms with van der Waals surface area (Å²) in [7, 11) is 0. The molecule has 3 aromatic rings. The van der Waals surface area contributed by atoms with Gasteiger partial charge in [-0.2, -0.15) is 11.8 Å². The van der Waals surface area contributed by atoms with Gasteiger partial charge in [0.05, 0.1) is 0 Å². The van der Waals surface area contributed by atoms with Gasteiger partial charge in [-0.3, -0.25) is 0 Å². The first-order valence-corrected chi connectivity index (χ1v) is 13.2. The normalized spacial score (nSPS) is 10.3. The summed E-state index contributed by atoms with van der Waals surface area (Å²) in [6.45, 7) is 23.9. The minimum absolute atomic E-state index is 0.131. The van der Waals surface area contributed by atoms with Gasteiger partial charge in [0.2, 0.25) is 0 Å². The van der Waals surface area contributed by atoms with Crippen LogP contribution in [0.15, 0.2) is 104 Å². The van der Waals surface area contributed by atoms with Gasteiger partial charge in [-0.15, -0.1) is 0 Å². The van der Waals surface area contributed by atoms with E-state index >= 15 is 0 Å². The molecule has 4 N–H and O–H groups in total. The molecular formula is C34H48N2O2. The van der Waals surface area contributed by atoms with Crippen molar-refractivity contribution >= 4 is 0 Å². The topological polar surface area (TPSA) is 70.5 Å². The number of allylic oxidation sites excluding steroid dienone is 4. The SMILES string of the molecule is C=C/C=C(\C=C)C(C)(C)c1ccc(ON)c(C)c1.CC.CC.Cc1cc(Cc2ccccc2)ccc1ON. The summed E-state index contributed by atoms with van der Waals surface area (Å²) >= 11 is 0. The average molecular weight is 517 g/mol. The van der Waals surface area contributed by atoms with E-state index in [0.29, 0.717) is 5.75 Å². The Morgan fingerprint density at radius 3 is 1.74 bits per heavy atom. The molecule has 0 unspecified atom stereocenters. The van der Waals surface area contributed by atoms with Gasteiger partial charge in [0.15, 0.2) is 0 Å². The molecule has 0 aliphatic rings. The molecule has 0 spiro atoms. The van der Waals surface area contributed by atoms with E-state index < -0.39 is 0 Å². The van der Waals surface area contributed by atoms with Gasteiger partial charge in [-0.25, -0.2) is 0 Å². The maximum atomic E-state index is 5.20. The monoisotopic (exact) mass is 516 g/mol. The fraction of sp³-hybridized carbons (Fsp3) is 0.294. The highest BCUT2D eigenvalue weighted by Crippen LogP contribution is 2.34. The molecule has 0 aromatic heterocycles. The average Bonchev–Trinajstić information content (AvgIpc) is 2.94. The highest BCUT2D eigenvalue weighted by atomic mass is 16.6. The van der Waals surface area contributed by atoms with Gasteiger partial charge >= 0.3 is 0 Å². The Bertz CT molecular complexity index is 1130. The van der Waals surface area contributed by atoms with E-state index in [2.05, 4.69) is 63.4 Å². The molecule has 0 heterocycles. The Hall–Kier alpha value is -3.60. The van der Waals surface area contributed by atoms with E-state index in [0.717, 1.165) is 28.9 Å². The molecule has 38 heavy (non-hydrogen) atoms. The first kappa shape index (κ1) is 34.4. The van der Waals surface area contributed by atoms with E-state index in [9.17, 15) is 0 Å². The second-order valence-corrected chi connectivity index (χ2v) is 8.67. The Morgan fingerprint density at radius 1 is 0.763 bits per heavy atom. The van der Waals surface area contributed by atoms with Crippen molar-refractivity contribution in [2.24, 2.45) is 11.8 Å². The van der Waals surface area contributed by atoms with Crippen molar-refractivity contribution < 1.29 is 9.68 Å². The Morgan fingerprint density at radius 2 is 1.29 bits per heavy atom. The van der Waals surface area contributed by atoms with Crippen molar-refractivity contribution in [3.05, 3.63) is 132 Å². The summed E-state index contributed by atoms with van der Waals surface area (Å²) in [5.41, 5.74) is 6.84. The predicted octanol–water partition coefficient (Wildman–Crippen LogP) is 8.71. The van der Waals surface area contributed by atoms with E-state index in [1.807, 2.05) is 84.0 Å². The van der Waals surface area contributed by atoms with Gasteiger partial charge in [0.25, 0.3) is 0 Å². The van der Waals surface area contributed by atoms with Crippen LogP contribution >= 0.6 is 0 Å². The highest BCUT2D eigenvalue weighted by molar-refractivity contribution is 5.45. The summed E-state index contributed by atoms with van der Waals surface area (Å²) in [5.74, 6) is 11.8. The van der Waals surface area contributed by atoms with Crippen LogP contribution in [0.25, 0.3) is 0 Å². The maximum Gasteiger partial charge on any atom is 0.149 e. The lowest BCUT2D eigenvalue weighted by molar-refractivity contribution is 0.332. The van der Waals surface area contributed by atoms with Crippen LogP contribution in [0.5, 0.6) is 11.5 Å². The van der Waals surface area contributed by atoms with Crippen LogP contribution in [-0.2, 0) is 11.8 Å². The fourth-order valence-corrected chi connectivity index (χ4v) is 3.78. The van der Waals surface area contributed by atoms with Gasteiger partial charge in [0.1, 0.15) is 11.5 Å². The second-order valence-electron chi connectivity index (χ2n) is 8.67. The first-order valence-electron chi connectivity index (χ1n) is 13.2. The third-order valence-corrected chi connectivity index (χ3v) is 5.88. The van der Waals surface area contributed by atoms with Crippen molar-refractivity contribution in [3.8, 4) is 11.5 Å². The first-order chi connectivity index (χ1) is 18.3. The van der Waals surface area contributed by atoms with Crippen LogP contribution in [-0.4, -0.2) is 0 Å². The second kappa shape index (κ2) is 18.6. The Balaban J connectivity index is 0.000000639. The van der Waals surface area contributed by atoms with Crippen LogP contribution in [0.3, 0.4) is 0 Å². The Labute approximate surface area is 231 Å². The summed E-state index contributed by atoms with van der Waals surface area (Å²) in [6, 6.07) is 22.5. The van der Waals surface area contributed by atoms with Crippen LogP contribution < -0.4 is 21.5 Å². The quantitative estimate of drug-likeness (QED) is 0.232. The van der Waals surface area contributed by atoms with Crippen molar-refractivity contribution in [2.75, 3.05) is 0 Å². The fourth-order valence-electron chi connectivity index (χ4n) is 3.78.